The van der Waals surface area contributed by atoms with Crippen LogP contribution < -0.4 is 0 Å². The fourth-order valence-corrected chi connectivity index (χ4v) is 2.91. The molecule has 1 aliphatic rings. The highest BCUT2D eigenvalue weighted by Crippen LogP contribution is 2.37. The van der Waals surface area contributed by atoms with Crippen molar-refractivity contribution in [2.45, 2.75) is 38.2 Å². The first-order valence-corrected chi connectivity index (χ1v) is 7.53. The van der Waals surface area contributed by atoms with E-state index < -0.39 is 23.9 Å². The maximum absolute atomic E-state index is 14.4. The highest BCUT2D eigenvalue weighted by molar-refractivity contribution is 5.54. The maximum Gasteiger partial charge on any atom is 0.267 e. The Kier molecular flexibility index (Phi) is 5.83. The second-order valence-corrected chi connectivity index (χ2v) is 5.61. The van der Waals surface area contributed by atoms with Crippen molar-refractivity contribution in [2.24, 2.45) is 5.92 Å². The third kappa shape index (κ3) is 3.61. The van der Waals surface area contributed by atoms with Crippen molar-refractivity contribution in [1.82, 2.24) is 0 Å². The maximum atomic E-state index is 14.4. The van der Waals surface area contributed by atoms with Gasteiger partial charge >= 0.3 is 0 Å². The molecule has 0 aliphatic carbocycles. The van der Waals surface area contributed by atoms with Crippen LogP contribution in [0.1, 0.15) is 54.9 Å². The second-order valence-electron chi connectivity index (χ2n) is 5.61. The van der Waals surface area contributed by atoms with E-state index in [0.717, 1.165) is 19.3 Å². The van der Waals surface area contributed by atoms with Crippen molar-refractivity contribution in [2.75, 3.05) is 6.61 Å². The van der Waals surface area contributed by atoms with Crippen molar-refractivity contribution >= 4 is 6.08 Å². The lowest BCUT2D eigenvalue weighted by Gasteiger charge is -2.30. The molecular formula is C18H21F3O. The quantitative estimate of drug-likeness (QED) is 0.600. The van der Waals surface area contributed by atoms with E-state index in [1.54, 1.807) is 0 Å². The van der Waals surface area contributed by atoms with Gasteiger partial charge in [-0.25, -0.2) is 13.2 Å². The lowest BCUT2D eigenvalue weighted by atomic mass is 9.90. The lowest BCUT2D eigenvalue weighted by molar-refractivity contribution is -0.0210. The number of allylic oxidation sites excluding steroid dienone is 1. The Morgan fingerprint density at radius 2 is 2.05 bits per heavy atom. The monoisotopic (exact) mass is 310 g/mol. The summed E-state index contributed by atoms with van der Waals surface area (Å²) in [5.74, 6) is -0.429. The van der Waals surface area contributed by atoms with Gasteiger partial charge in [0.1, 0.15) is 5.82 Å². The topological polar surface area (TPSA) is 9.23 Å². The molecule has 1 aliphatic heterocycles. The summed E-state index contributed by atoms with van der Waals surface area (Å²) in [6.07, 6.45) is 3.29. The fourth-order valence-electron chi connectivity index (χ4n) is 2.91. The summed E-state index contributed by atoms with van der Waals surface area (Å²) in [4.78, 5) is 0. The van der Waals surface area contributed by atoms with Crippen molar-refractivity contribution in [3.8, 4) is 0 Å². The van der Waals surface area contributed by atoms with E-state index in [2.05, 4.69) is 13.2 Å². The van der Waals surface area contributed by atoms with Gasteiger partial charge in [-0.3, -0.25) is 0 Å². The van der Waals surface area contributed by atoms with Crippen molar-refractivity contribution in [1.29, 1.82) is 0 Å². The molecule has 0 bridgehead atoms. The number of benzene rings is 1. The highest BCUT2D eigenvalue weighted by Gasteiger charge is 2.28. The summed E-state index contributed by atoms with van der Waals surface area (Å²) < 4.78 is 46.3. The molecule has 0 spiro atoms. The fraction of sp³-hybridized carbons (Fsp3) is 0.444. The van der Waals surface area contributed by atoms with Crippen LogP contribution in [0.15, 0.2) is 31.4 Å². The number of ether oxygens (including phenoxy) is 1. The molecule has 0 N–H and O–H groups in total. The van der Waals surface area contributed by atoms with Gasteiger partial charge in [0.25, 0.3) is 6.43 Å². The molecule has 0 amide bonds. The highest BCUT2D eigenvalue weighted by atomic mass is 19.3. The smallest absolute Gasteiger partial charge is 0.267 e. The van der Waals surface area contributed by atoms with Gasteiger partial charge in [0.05, 0.1) is 18.3 Å². The predicted octanol–water partition coefficient (Wildman–Crippen LogP) is 5.84. The van der Waals surface area contributed by atoms with Gasteiger partial charge in [0, 0.05) is 5.56 Å². The van der Waals surface area contributed by atoms with Gasteiger partial charge in [0.2, 0.25) is 0 Å². The van der Waals surface area contributed by atoms with Crippen molar-refractivity contribution < 1.29 is 17.9 Å². The second kappa shape index (κ2) is 7.63. The van der Waals surface area contributed by atoms with Crippen molar-refractivity contribution in [3.05, 3.63) is 53.9 Å². The molecule has 120 valence electrons. The van der Waals surface area contributed by atoms with E-state index >= 15 is 0 Å². The molecular weight excluding hydrogens is 289 g/mol. The van der Waals surface area contributed by atoms with Crippen LogP contribution in [0.2, 0.25) is 0 Å². The van der Waals surface area contributed by atoms with E-state index in [-0.39, 0.29) is 11.1 Å². The Hall–Kier alpha value is -1.55. The Bertz CT molecular complexity index is 531. The third-order valence-electron chi connectivity index (χ3n) is 4.18. The van der Waals surface area contributed by atoms with E-state index in [4.69, 9.17) is 4.74 Å². The molecule has 1 fully saturated rings. The van der Waals surface area contributed by atoms with E-state index in [9.17, 15) is 13.2 Å². The normalized spacial score (nSPS) is 21.8. The molecule has 22 heavy (non-hydrogen) atoms. The minimum Gasteiger partial charge on any atom is -0.373 e. The predicted molar refractivity (Wildman–Crippen MR) is 82.3 cm³/mol. The van der Waals surface area contributed by atoms with Crippen LogP contribution in [0.4, 0.5) is 13.2 Å². The number of hydrogen-bond acceptors (Lipinski definition) is 1. The molecule has 4 heteroatoms. The number of alkyl halides is 2. The summed E-state index contributed by atoms with van der Waals surface area (Å²) in [5, 5.41) is 0. The van der Waals surface area contributed by atoms with E-state index in [0.29, 0.717) is 18.9 Å². The molecule has 0 aromatic heterocycles. The molecule has 1 nitrogen and oxygen atoms in total. The molecule has 2 unspecified atom stereocenters. The average molecular weight is 310 g/mol. The number of hydrogen-bond donors (Lipinski definition) is 0. The van der Waals surface area contributed by atoms with E-state index in [1.807, 2.05) is 6.08 Å². The lowest BCUT2D eigenvalue weighted by Crippen LogP contribution is -2.21. The molecule has 0 radical (unpaired) electrons. The molecule has 0 saturated carbocycles. The van der Waals surface area contributed by atoms with Crippen LogP contribution in [0, 0.1) is 11.7 Å². The first-order valence-electron chi connectivity index (χ1n) is 7.53. The summed E-state index contributed by atoms with van der Waals surface area (Å²) in [5.41, 5.74) is -0.219. The Labute approximate surface area is 129 Å². The molecule has 1 heterocycles. The van der Waals surface area contributed by atoms with Gasteiger partial charge in [-0.15, -0.1) is 6.58 Å². The van der Waals surface area contributed by atoms with Gasteiger partial charge in [-0.1, -0.05) is 30.9 Å². The van der Waals surface area contributed by atoms with Crippen LogP contribution in [-0.2, 0) is 4.74 Å². The Balaban J connectivity index is 2.15. The summed E-state index contributed by atoms with van der Waals surface area (Å²) in [6, 6.07) is 3.02. The average Bonchev–Trinajstić information content (AvgIpc) is 2.52. The zero-order valence-electron chi connectivity index (χ0n) is 12.5. The van der Waals surface area contributed by atoms with Crippen LogP contribution in [-0.4, -0.2) is 6.61 Å². The van der Waals surface area contributed by atoms with Gasteiger partial charge in [0.15, 0.2) is 0 Å². The van der Waals surface area contributed by atoms with E-state index in [1.165, 1.54) is 18.2 Å². The standard InChI is InChI=1S/C18H21F3O/c1-3-5-6-12-7-10-15(22-11-12)14-9-8-13(4-2)16(17(14)19)18(20)21/h3-4,8-9,12,15,18H,1-2,5-7,10-11H2. The largest absolute Gasteiger partial charge is 0.373 e. The molecule has 1 aromatic rings. The van der Waals surface area contributed by atoms with Crippen LogP contribution in [0.25, 0.3) is 6.08 Å². The number of rotatable bonds is 6. The van der Waals surface area contributed by atoms with Gasteiger partial charge in [-0.05, 0) is 37.2 Å². The zero-order chi connectivity index (χ0) is 16.1. The van der Waals surface area contributed by atoms with Crippen LogP contribution in [0.3, 0.4) is 0 Å². The molecule has 1 saturated heterocycles. The molecule has 1 aromatic carbocycles. The summed E-state index contributed by atoms with van der Waals surface area (Å²) in [7, 11) is 0. The molecule has 2 atom stereocenters. The molecule has 2 rings (SSSR count). The number of halogens is 3. The summed E-state index contributed by atoms with van der Waals surface area (Å²) >= 11 is 0. The first-order chi connectivity index (χ1) is 10.6. The minimum atomic E-state index is -2.86. The third-order valence-corrected chi connectivity index (χ3v) is 4.18. The zero-order valence-corrected chi connectivity index (χ0v) is 12.5. The Morgan fingerprint density at radius 1 is 1.27 bits per heavy atom. The first kappa shape index (κ1) is 16.8. The Morgan fingerprint density at radius 3 is 2.59 bits per heavy atom. The SMILES string of the molecule is C=CCCC1CCC(c2ccc(C=C)c(C(F)F)c2F)OC1. The van der Waals surface area contributed by atoms with Crippen molar-refractivity contribution in [3.63, 3.8) is 0 Å². The van der Waals surface area contributed by atoms with Gasteiger partial charge in [-0.2, -0.15) is 0 Å². The van der Waals surface area contributed by atoms with Gasteiger partial charge < -0.3 is 4.74 Å². The van der Waals surface area contributed by atoms with Crippen LogP contribution in [0.5, 0.6) is 0 Å². The van der Waals surface area contributed by atoms with Crippen LogP contribution >= 0.6 is 0 Å². The minimum absolute atomic E-state index is 0.135. The summed E-state index contributed by atoms with van der Waals surface area (Å²) in [6.45, 7) is 7.68.